The average molecular weight is 511 g/mol. The molecule has 10 heteroatoms. The van der Waals surface area contributed by atoms with Gasteiger partial charge in [0.1, 0.15) is 18.1 Å². The van der Waals surface area contributed by atoms with Crippen LogP contribution in [0, 0.1) is 0 Å². The molecule has 0 spiro atoms. The van der Waals surface area contributed by atoms with Crippen molar-refractivity contribution in [2.45, 2.75) is 13.3 Å². The number of nitrogens with zero attached hydrogens (tertiary/aromatic N) is 1. The number of hydrogen-bond donors (Lipinski definition) is 2. The van der Waals surface area contributed by atoms with E-state index in [9.17, 15) is 24.3 Å². The summed E-state index contributed by atoms with van der Waals surface area (Å²) in [6.45, 7) is 1.61. The van der Waals surface area contributed by atoms with E-state index in [0.717, 1.165) is 16.9 Å². The van der Waals surface area contributed by atoms with Gasteiger partial charge in [-0.3, -0.25) is 19.3 Å². The minimum absolute atomic E-state index is 0.0445. The van der Waals surface area contributed by atoms with E-state index in [4.69, 9.17) is 16.0 Å². The van der Waals surface area contributed by atoms with Crippen LogP contribution >= 0.6 is 23.4 Å². The number of imide groups is 1. The molecule has 2 N–H and O–H groups in total. The van der Waals surface area contributed by atoms with Crippen LogP contribution in [-0.4, -0.2) is 39.6 Å². The lowest BCUT2D eigenvalue weighted by atomic mass is 10.1. The Morgan fingerprint density at radius 1 is 1.11 bits per heavy atom. The maximum atomic E-state index is 12.8. The molecule has 35 heavy (non-hydrogen) atoms. The van der Waals surface area contributed by atoms with Crippen molar-refractivity contribution in [2.24, 2.45) is 0 Å². The molecule has 0 atom stereocenters. The van der Waals surface area contributed by atoms with Gasteiger partial charge in [0.15, 0.2) is 0 Å². The molecular weight excluding hydrogens is 492 g/mol. The number of nitrogens with one attached hydrogen (secondary N) is 1. The molecule has 1 aliphatic heterocycles. The molecule has 0 aliphatic carbocycles. The molecule has 8 nitrogen and oxygen atoms in total. The number of halogens is 1. The van der Waals surface area contributed by atoms with E-state index in [1.165, 1.54) is 24.3 Å². The smallest absolute Gasteiger partial charge is 0.335 e. The second-order valence-electron chi connectivity index (χ2n) is 7.57. The van der Waals surface area contributed by atoms with E-state index in [1.54, 1.807) is 24.3 Å². The highest BCUT2D eigenvalue weighted by Gasteiger charge is 2.36. The minimum Gasteiger partial charge on any atom is -0.478 e. The van der Waals surface area contributed by atoms with Gasteiger partial charge in [0.2, 0.25) is 5.91 Å². The largest absolute Gasteiger partial charge is 0.478 e. The fourth-order valence-electron chi connectivity index (χ4n) is 3.36. The van der Waals surface area contributed by atoms with Crippen LogP contribution in [0.4, 0.5) is 10.5 Å². The number of hydrogen-bond acceptors (Lipinski definition) is 6. The first-order valence-electron chi connectivity index (χ1n) is 10.5. The third-order valence-electron chi connectivity index (χ3n) is 5.20. The number of aryl methyl sites for hydroxylation is 1. The van der Waals surface area contributed by atoms with Crippen molar-refractivity contribution in [2.75, 3.05) is 11.9 Å². The summed E-state index contributed by atoms with van der Waals surface area (Å²) in [6.07, 6.45) is 2.26. The summed E-state index contributed by atoms with van der Waals surface area (Å²) in [5.41, 5.74) is 2.12. The second-order valence-corrected chi connectivity index (χ2v) is 8.97. The van der Waals surface area contributed by atoms with Crippen molar-refractivity contribution in [1.29, 1.82) is 0 Å². The van der Waals surface area contributed by atoms with Crippen molar-refractivity contribution in [1.82, 2.24) is 4.90 Å². The Morgan fingerprint density at radius 2 is 1.86 bits per heavy atom. The zero-order valence-corrected chi connectivity index (χ0v) is 20.0. The molecule has 178 valence electrons. The molecule has 0 bridgehead atoms. The minimum atomic E-state index is -1.11. The van der Waals surface area contributed by atoms with Crippen LogP contribution in [0.25, 0.3) is 17.4 Å². The number of aromatic carboxylic acids is 1. The molecule has 1 aromatic heterocycles. The second kappa shape index (κ2) is 10.2. The summed E-state index contributed by atoms with van der Waals surface area (Å²) in [6, 6.07) is 14.7. The molecule has 2 heterocycles. The molecule has 4 rings (SSSR count). The molecule has 3 amide bonds. The molecule has 1 saturated heterocycles. The van der Waals surface area contributed by atoms with Crippen LogP contribution in [0.1, 0.15) is 28.6 Å². The lowest BCUT2D eigenvalue weighted by molar-refractivity contribution is -0.127. The van der Waals surface area contributed by atoms with E-state index in [1.807, 2.05) is 19.1 Å². The Bertz CT molecular complexity index is 1360. The lowest BCUT2D eigenvalue weighted by Crippen LogP contribution is -2.36. The predicted octanol–water partition coefficient (Wildman–Crippen LogP) is 5.54. The predicted molar refractivity (Wildman–Crippen MR) is 133 cm³/mol. The van der Waals surface area contributed by atoms with Gasteiger partial charge >= 0.3 is 5.97 Å². The first-order chi connectivity index (χ1) is 16.7. The van der Waals surface area contributed by atoms with Gasteiger partial charge in [-0.25, -0.2) is 4.79 Å². The molecule has 0 unspecified atom stereocenters. The Hall–Kier alpha value is -3.82. The zero-order valence-electron chi connectivity index (χ0n) is 18.4. The van der Waals surface area contributed by atoms with Gasteiger partial charge in [0.05, 0.1) is 15.5 Å². The van der Waals surface area contributed by atoms with Crippen molar-refractivity contribution in [3.05, 3.63) is 81.4 Å². The first kappa shape index (κ1) is 24.3. The maximum absolute atomic E-state index is 12.8. The lowest BCUT2D eigenvalue weighted by Gasteiger charge is -2.12. The molecular formula is C25H19ClN2O6S. The van der Waals surface area contributed by atoms with Crippen LogP contribution in [0.15, 0.2) is 63.9 Å². The van der Waals surface area contributed by atoms with Gasteiger partial charge in [-0.15, -0.1) is 0 Å². The molecule has 0 radical (unpaired) electrons. The Kier molecular flexibility index (Phi) is 7.09. The SMILES string of the molecule is CCc1ccc(NC(=O)CN2C(=O)S/C(=C\c3ccc(-c4cc(C(=O)O)ccc4Cl)o3)C2=O)cc1. The first-order valence-corrected chi connectivity index (χ1v) is 11.7. The average Bonchev–Trinajstić information content (AvgIpc) is 3.40. The van der Waals surface area contributed by atoms with E-state index < -0.39 is 29.6 Å². The molecule has 3 aromatic rings. The standard InChI is InChI=1S/C25H19ClN2O6S/c1-2-14-3-6-16(7-4-14)27-22(29)13-28-23(30)21(35-25(28)33)12-17-8-10-20(34-17)18-11-15(24(31)32)5-9-19(18)26/h3-12H,2,13H2,1H3,(H,27,29)(H,31,32)/b21-12-. The van der Waals surface area contributed by atoms with Crippen LogP contribution in [0.5, 0.6) is 0 Å². The number of anilines is 1. The highest BCUT2D eigenvalue weighted by atomic mass is 35.5. The van der Waals surface area contributed by atoms with Crippen molar-refractivity contribution in [3.8, 4) is 11.3 Å². The number of furan rings is 1. The fourth-order valence-corrected chi connectivity index (χ4v) is 4.38. The number of carboxylic acids is 1. The van der Waals surface area contributed by atoms with Crippen molar-refractivity contribution in [3.63, 3.8) is 0 Å². The van der Waals surface area contributed by atoms with Crippen LogP contribution in [0.2, 0.25) is 5.02 Å². The molecule has 1 fully saturated rings. The molecule has 0 saturated carbocycles. The highest BCUT2D eigenvalue weighted by molar-refractivity contribution is 8.18. The summed E-state index contributed by atoms with van der Waals surface area (Å²) in [5.74, 6) is -1.64. The van der Waals surface area contributed by atoms with E-state index >= 15 is 0 Å². The zero-order chi connectivity index (χ0) is 25.1. The third-order valence-corrected chi connectivity index (χ3v) is 6.44. The number of thioether (sulfide) groups is 1. The number of rotatable bonds is 7. The summed E-state index contributed by atoms with van der Waals surface area (Å²) in [5, 5.41) is 11.6. The van der Waals surface area contributed by atoms with E-state index in [0.29, 0.717) is 33.8 Å². The summed E-state index contributed by atoms with van der Waals surface area (Å²) in [7, 11) is 0. The Labute approximate surface area is 209 Å². The van der Waals surface area contributed by atoms with E-state index in [2.05, 4.69) is 5.32 Å². The van der Waals surface area contributed by atoms with Crippen molar-refractivity contribution < 1.29 is 28.7 Å². The summed E-state index contributed by atoms with van der Waals surface area (Å²) >= 11 is 6.88. The van der Waals surface area contributed by atoms with E-state index in [-0.39, 0.29) is 16.2 Å². The third kappa shape index (κ3) is 5.47. The van der Waals surface area contributed by atoms with Gasteiger partial charge < -0.3 is 14.8 Å². The van der Waals surface area contributed by atoms with Gasteiger partial charge in [0, 0.05) is 17.3 Å². The monoisotopic (exact) mass is 510 g/mol. The van der Waals surface area contributed by atoms with Gasteiger partial charge in [-0.05, 0) is 66.2 Å². The number of carbonyl (C=O) groups excluding carboxylic acids is 3. The highest BCUT2D eigenvalue weighted by Crippen LogP contribution is 2.35. The normalized spacial score (nSPS) is 14.6. The number of amides is 3. The van der Waals surface area contributed by atoms with Gasteiger partial charge in [-0.2, -0.15) is 0 Å². The quantitative estimate of drug-likeness (QED) is 0.401. The number of carbonyl (C=O) groups is 4. The maximum Gasteiger partial charge on any atom is 0.335 e. The summed E-state index contributed by atoms with van der Waals surface area (Å²) < 4.78 is 5.72. The topological polar surface area (TPSA) is 117 Å². The van der Waals surface area contributed by atoms with Crippen LogP contribution in [0.3, 0.4) is 0 Å². The van der Waals surface area contributed by atoms with Crippen LogP contribution in [-0.2, 0) is 16.0 Å². The molecule has 1 aliphatic rings. The molecule has 2 aromatic carbocycles. The van der Waals surface area contributed by atoms with Gasteiger partial charge in [-0.1, -0.05) is 30.7 Å². The fraction of sp³-hybridized carbons (Fsp3) is 0.120. The number of benzene rings is 2. The van der Waals surface area contributed by atoms with Crippen LogP contribution < -0.4 is 5.32 Å². The number of carboxylic acid groups (broad SMARTS) is 1. The Morgan fingerprint density at radius 3 is 2.54 bits per heavy atom. The van der Waals surface area contributed by atoms with Crippen molar-refractivity contribution >= 4 is 58.1 Å². The Balaban J connectivity index is 1.46. The summed E-state index contributed by atoms with van der Waals surface area (Å²) in [4.78, 5) is 49.7. The van der Waals surface area contributed by atoms with Gasteiger partial charge in [0.25, 0.3) is 11.1 Å².